The highest BCUT2D eigenvalue weighted by Crippen LogP contribution is 2.21. The third-order valence-corrected chi connectivity index (χ3v) is 5.28. The van der Waals surface area contributed by atoms with E-state index in [1.165, 1.54) is 5.56 Å². The maximum Gasteiger partial charge on any atom is 0.0933 e. The summed E-state index contributed by atoms with van der Waals surface area (Å²) >= 11 is 5.99. The minimum Gasteiger partial charge on any atom is -0.383 e. The summed E-state index contributed by atoms with van der Waals surface area (Å²) in [7, 11) is 0. The van der Waals surface area contributed by atoms with Gasteiger partial charge in [0.2, 0.25) is 0 Å². The Kier molecular flexibility index (Phi) is 6.65. The number of pyridine rings is 1. The summed E-state index contributed by atoms with van der Waals surface area (Å²) in [6, 6.07) is 28.5. The second kappa shape index (κ2) is 9.96. The number of aromatic nitrogens is 1. The molecular formula is C27H23ClN2. The summed E-state index contributed by atoms with van der Waals surface area (Å²) in [4.78, 5) is 4.53. The van der Waals surface area contributed by atoms with Crippen LogP contribution in [0.3, 0.4) is 0 Å². The van der Waals surface area contributed by atoms with Gasteiger partial charge in [0.25, 0.3) is 0 Å². The van der Waals surface area contributed by atoms with Crippen LogP contribution in [0.4, 0.5) is 5.69 Å². The monoisotopic (exact) mass is 410 g/mol. The molecule has 1 N–H and O–H groups in total. The Labute approximate surface area is 182 Å². The Morgan fingerprint density at radius 2 is 1.67 bits per heavy atom. The van der Waals surface area contributed by atoms with Crippen LogP contribution in [-0.4, -0.2) is 11.5 Å². The topological polar surface area (TPSA) is 24.9 Å². The molecule has 30 heavy (non-hydrogen) atoms. The fraction of sp³-hybridized carbons (Fsp3) is 0.148. The van der Waals surface area contributed by atoms with Crippen LogP contribution in [0.25, 0.3) is 10.9 Å². The van der Waals surface area contributed by atoms with Gasteiger partial charge in [0.1, 0.15) is 0 Å². The van der Waals surface area contributed by atoms with Crippen LogP contribution in [0, 0.1) is 17.8 Å². The van der Waals surface area contributed by atoms with Crippen molar-refractivity contribution < 1.29 is 0 Å². The van der Waals surface area contributed by atoms with Crippen molar-refractivity contribution in [2.24, 2.45) is 5.92 Å². The quantitative estimate of drug-likeness (QED) is 0.362. The van der Waals surface area contributed by atoms with Crippen molar-refractivity contribution in [2.45, 2.75) is 12.8 Å². The summed E-state index contributed by atoms with van der Waals surface area (Å²) in [5.41, 5.74) is 4.37. The zero-order chi connectivity index (χ0) is 20.6. The number of nitrogens with zero attached hydrogens (tertiary/aromatic N) is 1. The average molecular weight is 411 g/mol. The summed E-state index contributed by atoms with van der Waals surface area (Å²) in [6.07, 6.45) is 3.71. The number of halogens is 1. The Balaban J connectivity index is 1.47. The maximum atomic E-state index is 5.99. The van der Waals surface area contributed by atoms with Gasteiger partial charge in [-0.25, -0.2) is 0 Å². The van der Waals surface area contributed by atoms with E-state index in [0.29, 0.717) is 0 Å². The molecule has 0 spiro atoms. The molecule has 1 heterocycles. The maximum absolute atomic E-state index is 5.99. The molecule has 1 atom stereocenters. The van der Waals surface area contributed by atoms with Crippen LogP contribution in [-0.2, 0) is 6.42 Å². The van der Waals surface area contributed by atoms with Crippen molar-refractivity contribution in [3.8, 4) is 11.8 Å². The molecule has 0 aliphatic heterocycles. The first-order chi connectivity index (χ1) is 14.8. The molecule has 1 unspecified atom stereocenters. The zero-order valence-electron chi connectivity index (χ0n) is 16.7. The summed E-state index contributed by atoms with van der Waals surface area (Å²) in [5.74, 6) is 7.05. The van der Waals surface area contributed by atoms with Gasteiger partial charge in [0.05, 0.1) is 11.2 Å². The van der Waals surface area contributed by atoms with Gasteiger partial charge in [-0.1, -0.05) is 72.0 Å². The van der Waals surface area contributed by atoms with Gasteiger partial charge < -0.3 is 5.32 Å². The zero-order valence-corrected chi connectivity index (χ0v) is 17.4. The van der Waals surface area contributed by atoms with Gasteiger partial charge in [0.15, 0.2) is 0 Å². The predicted octanol–water partition coefficient (Wildman–Crippen LogP) is 6.60. The normalized spacial score (nSPS) is 11.5. The molecule has 2 nitrogen and oxygen atoms in total. The fourth-order valence-corrected chi connectivity index (χ4v) is 3.60. The van der Waals surface area contributed by atoms with Crippen LogP contribution in [0.5, 0.6) is 0 Å². The van der Waals surface area contributed by atoms with Crippen molar-refractivity contribution >= 4 is 28.2 Å². The van der Waals surface area contributed by atoms with Gasteiger partial charge in [-0.2, -0.15) is 0 Å². The molecule has 4 rings (SSSR count). The molecule has 0 radical (unpaired) electrons. The lowest BCUT2D eigenvalue weighted by molar-refractivity contribution is 0.627. The lowest BCUT2D eigenvalue weighted by atomic mass is 9.96. The van der Waals surface area contributed by atoms with Gasteiger partial charge in [-0.3, -0.25) is 4.98 Å². The molecule has 1 aromatic heterocycles. The highest BCUT2D eigenvalue weighted by atomic mass is 35.5. The standard InChI is InChI=1S/C27H23ClN2/c28-25-15-13-21(14-16-25)11-12-23(20-22-6-2-1-3-7-22)17-19-29-26-10-4-8-24-9-5-18-30-27(24)26/h1-10,13-16,18,23,29H,17,19-20H2. The van der Waals surface area contributed by atoms with Crippen molar-refractivity contribution in [2.75, 3.05) is 11.9 Å². The van der Waals surface area contributed by atoms with Crippen molar-refractivity contribution in [3.63, 3.8) is 0 Å². The SMILES string of the molecule is Clc1ccc(C#CC(CCNc2cccc3cccnc23)Cc2ccccc2)cc1. The molecule has 0 saturated carbocycles. The number of fused-ring (bicyclic) bond motifs is 1. The first kappa shape index (κ1) is 20.0. The predicted molar refractivity (Wildman–Crippen MR) is 127 cm³/mol. The number of benzene rings is 3. The number of nitrogens with one attached hydrogen (secondary N) is 1. The van der Waals surface area contributed by atoms with Gasteiger partial charge in [-0.05, 0) is 54.8 Å². The highest BCUT2D eigenvalue weighted by molar-refractivity contribution is 6.30. The van der Waals surface area contributed by atoms with Gasteiger partial charge >= 0.3 is 0 Å². The summed E-state index contributed by atoms with van der Waals surface area (Å²) < 4.78 is 0. The number of anilines is 1. The average Bonchev–Trinajstić information content (AvgIpc) is 2.79. The molecule has 0 fully saturated rings. The largest absolute Gasteiger partial charge is 0.383 e. The number of hydrogen-bond donors (Lipinski definition) is 1. The van der Waals surface area contributed by atoms with E-state index in [0.717, 1.165) is 46.6 Å². The second-order valence-electron chi connectivity index (χ2n) is 7.26. The minimum atomic E-state index is 0.249. The summed E-state index contributed by atoms with van der Waals surface area (Å²) in [6.45, 7) is 0.836. The fourth-order valence-electron chi connectivity index (χ4n) is 3.47. The molecule has 3 heteroatoms. The summed E-state index contributed by atoms with van der Waals surface area (Å²) in [5, 5.41) is 5.44. The van der Waals surface area contributed by atoms with Crippen molar-refractivity contribution in [1.29, 1.82) is 0 Å². The second-order valence-corrected chi connectivity index (χ2v) is 7.70. The Morgan fingerprint density at radius 3 is 2.50 bits per heavy atom. The van der Waals surface area contributed by atoms with E-state index < -0.39 is 0 Å². The van der Waals surface area contributed by atoms with Crippen molar-refractivity contribution in [3.05, 3.63) is 107 Å². The van der Waals surface area contributed by atoms with E-state index in [2.05, 4.69) is 70.7 Å². The molecule has 4 aromatic rings. The van der Waals surface area contributed by atoms with E-state index in [-0.39, 0.29) is 5.92 Å². The van der Waals surface area contributed by atoms with E-state index in [9.17, 15) is 0 Å². The van der Waals surface area contributed by atoms with Crippen LogP contribution in [0.2, 0.25) is 5.02 Å². The molecule has 0 amide bonds. The van der Waals surface area contributed by atoms with Crippen LogP contribution >= 0.6 is 11.6 Å². The third-order valence-electron chi connectivity index (χ3n) is 5.03. The van der Waals surface area contributed by atoms with Crippen molar-refractivity contribution in [1.82, 2.24) is 4.98 Å². The minimum absolute atomic E-state index is 0.249. The van der Waals surface area contributed by atoms with E-state index >= 15 is 0 Å². The molecule has 0 aliphatic rings. The molecular weight excluding hydrogens is 388 g/mol. The third kappa shape index (κ3) is 5.41. The van der Waals surface area contributed by atoms with Gasteiger partial charge in [0, 0.05) is 34.6 Å². The molecule has 0 saturated heterocycles. The Hall–Kier alpha value is -3.28. The number of rotatable bonds is 6. The molecule has 0 bridgehead atoms. The number of hydrogen-bond acceptors (Lipinski definition) is 2. The van der Waals surface area contributed by atoms with Crippen LogP contribution in [0.1, 0.15) is 17.5 Å². The smallest absolute Gasteiger partial charge is 0.0933 e. The van der Waals surface area contributed by atoms with E-state index in [4.69, 9.17) is 11.6 Å². The van der Waals surface area contributed by atoms with Crippen LogP contribution in [0.15, 0.2) is 91.1 Å². The first-order valence-corrected chi connectivity index (χ1v) is 10.5. The first-order valence-electron chi connectivity index (χ1n) is 10.2. The lowest BCUT2D eigenvalue weighted by Gasteiger charge is -2.13. The van der Waals surface area contributed by atoms with E-state index in [1.54, 1.807) is 0 Å². The molecule has 148 valence electrons. The molecule has 3 aromatic carbocycles. The Bertz CT molecular complexity index is 1150. The number of para-hydroxylation sites is 1. The lowest BCUT2D eigenvalue weighted by Crippen LogP contribution is -2.11. The molecule has 0 aliphatic carbocycles. The van der Waals surface area contributed by atoms with Crippen LogP contribution < -0.4 is 5.32 Å². The Morgan fingerprint density at radius 1 is 0.867 bits per heavy atom. The highest BCUT2D eigenvalue weighted by Gasteiger charge is 2.08. The van der Waals surface area contributed by atoms with E-state index in [1.807, 2.05) is 42.6 Å². The van der Waals surface area contributed by atoms with Gasteiger partial charge in [-0.15, -0.1) is 0 Å².